The molecule has 200 valence electrons. The maximum absolute atomic E-state index is 13.7. The van der Waals surface area contributed by atoms with Gasteiger partial charge in [0.05, 0.1) is 6.61 Å². The van der Waals surface area contributed by atoms with Crippen molar-refractivity contribution in [3.8, 4) is 5.75 Å². The van der Waals surface area contributed by atoms with Gasteiger partial charge in [-0.3, -0.25) is 9.59 Å². The van der Waals surface area contributed by atoms with E-state index in [-0.39, 0.29) is 17.9 Å². The van der Waals surface area contributed by atoms with Crippen molar-refractivity contribution in [3.63, 3.8) is 0 Å². The Morgan fingerprint density at radius 3 is 2.32 bits per heavy atom. The van der Waals surface area contributed by atoms with Crippen LogP contribution in [0.1, 0.15) is 55.2 Å². The summed E-state index contributed by atoms with van der Waals surface area (Å²) in [6.07, 6.45) is 5.57. The van der Waals surface area contributed by atoms with Gasteiger partial charge in [-0.05, 0) is 61.6 Å². The molecule has 38 heavy (non-hydrogen) atoms. The van der Waals surface area contributed by atoms with Gasteiger partial charge in [0.25, 0.3) is 0 Å². The van der Waals surface area contributed by atoms with Crippen LogP contribution in [0, 0.1) is 6.92 Å². The summed E-state index contributed by atoms with van der Waals surface area (Å²) in [5.74, 6) is 0.600. The van der Waals surface area contributed by atoms with Crippen LogP contribution in [0.25, 0.3) is 0 Å². The number of rotatable bonds is 12. The van der Waals surface area contributed by atoms with Crippen molar-refractivity contribution in [2.45, 2.75) is 70.5 Å². The molecule has 1 aliphatic carbocycles. The summed E-state index contributed by atoms with van der Waals surface area (Å²) >= 11 is 5.95. The number of amides is 2. The summed E-state index contributed by atoms with van der Waals surface area (Å²) in [7, 11) is 0. The Morgan fingerprint density at radius 1 is 0.947 bits per heavy atom. The molecule has 0 aromatic heterocycles. The van der Waals surface area contributed by atoms with E-state index in [1.165, 1.54) is 0 Å². The first-order chi connectivity index (χ1) is 18.5. The second kappa shape index (κ2) is 14.0. The number of carbonyl (C=O) groups is 2. The summed E-state index contributed by atoms with van der Waals surface area (Å²) < 4.78 is 5.81. The molecular formula is C32H37ClN2O3. The smallest absolute Gasteiger partial charge is 0.243 e. The maximum Gasteiger partial charge on any atom is 0.243 e. The molecule has 2 amide bonds. The van der Waals surface area contributed by atoms with Crippen LogP contribution in [0.3, 0.4) is 0 Å². The zero-order valence-electron chi connectivity index (χ0n) is 22.1. The molecule has 3 aromatic rings. The van der Waals surface area contributed by atoms with Crippen molar-refractivity contribution in [3.05, 3.63) is 101 Å². The molecule has 1 atom stereocenters. The normalized spacial score (nSPS) is 14.2. The fourth-order valence-electron chi connectivity index (χ4n) is 4.90. The Kier molecular flexibility index (Phi) is 10.2. The second-order valence-corrected chi connectivity index (χ2v) is 10.5. The van der Waals surface area contributed by atoms with Crippen LogP contribution < -0.4 is 10.1 Å². The summed E-state index contributed by atoms with van der Waals surface area (Å²) in [4.78, 5) is 29.2. The summed E-state index contributed by atoms with van der Waals surface area (Å²) in [5.41, 5.74) is 3.20. The molecule has 0 spiro atoms. The molecule has 3 aromatic carbocycles. The van der Waals surface area contributed by atoms with E-state index in [1.807, 2.05) is 73.7 Å². The standard InChI is InChI=1S/C32H37ClN2O3/c1-24-13-15-26(16-14-24)23-35(31(36)12-7-21-38-29-19-17-27(33)18-20-29)30(22-25-8-3-2-4-9-25)32(37)34-28-10-5-6-11-28/h2-4,8-9,13-20,28,30H,5-7,10-12,21-23H2,1H3,(H,34,37)/t30-/m0/s1. The maximum atomic E-state index is 13.7. The topological polar surface area (TPSA) is 58.6 Å². The van der Waals surface area contributed by atoms with Gasteiger partial charge in [0, 0.05) is 30.5 Å². The lowest BCUT2D eigenvalue weighted by Crippen LogP contribution is -2.52. The average molecular weight is 533 g/mol. The van der Waals surface area contributed by atoms with E-state index in [9.17, 15) is 9.59 Å². The van der Waals surface area contributed by atoms with Crippen molar-refractivity contribution in [2.24, 2.45) is 0 Å². The van der Waals surface area contributed by atoms with E-state index < -0.39 is 6.04 Å². The predicted molar refractivity (Wildman–Crippen MR) is 152 cm³/mol. The zero-order chi connectivity index (χ0) is 26.7. The molecular weight excluding hydrogens is 496 g/mol. The monoisotopic (exact) mass is 532 g/mol. The highest BCUT2D eigenvalue weighted by atomic mass is 35.5. The zero-order valence-corrected chi connectivity index (χ0v) is 22.8. The number of halogens is 1. The Labute approximate surface area is 231 Å². The third kappa shape index (κ3) is 8.35. The number of hydrogen-bond acceptors (Lipinski definition) is 3. The quantitative estimate of drug-likeness (QED) is 0.271. The molecule has 1 saturated carbocycles. The minimum atomic E-state index is -0.594. The van der Waals surface area contributed by atoms with Crippen molar-refractivity contribution < 1.29 is 14.3 Å². The van der Waals surface area contributed by atoms with Gasteiger partial charge in [-0.1, -0.05) is 84.6 Å². The van der Waals surface area contributed by atoms with Gasteiger partial charge in [0.2, 0.25) is 11.8 Å². The van der Waals surface area contributed by atoms with E-state index in [4.69, 9.17) is 16.3 Å². The number of nitrogens with zero attached hydrogens (tertiary/aromatic N) is 1. The average Bonchev–Trinajstić information content (AvgIpc) is 3.44. The largest absolute Gasteiger partial charge is 0.494 e. The second-order valence-electron chi connectivity index (χ2n) is 10.1. The number of aryl methyl sites for hydroxylation is 1. The lowest BCUT2D eigenvalue weighted by molar-refractivity contribution is -0.141. The van der Waals surface area contributed by atoms with E-state index in [2.05, 4.69) is 5.32 Å². The molecule has 0 saturated heterocycles. The first kappa shape index (κ1) is 27.7. The van der Waals surface area contributed by atoms with Crippen LogP contribution in [0.15, 0.2) is 78.9 Å². The van der Waals surface area contributed by atoms with Gasteiger partial charge in [-0.2, -0.15) is 0 Å². The Hall–Kier alpha value is -3.31. The van der Waals surface area contributed by atoms with Crippen LogP contribution in [0.5, 0.6) is 5.75 Å². The van der Waals surface area contributed by atoms with Crippen molar-refractivity contribution in [1.82, 2.24) is 10.2 Å². The summed E-state index contributed by atoms with van der Waals surface area (Å²) in [6, 6.07) is 24.9. The van der Waals surface area contributed by atoms with Crippen LogP contribution >= 0.6 is 11.6 Å². The fraction of sp³-hybridized carbons (Fsp3) is 0.375. The molecule has 4 rings (SSSR count). The Balaban J connectivity index is 1.50. The third-order valence-corrected chi connectivity index (χ3v) is 7.32. The van der Waals surface area contributed by atoms with Crippen molar-refractivity contribution >= 4 is 23.4 Å². The van der Waals surface area contributed by atoms with Gasteiger partial charge in [-0.15, -0.1) is 0 Å². The molecule has 0 bridgehead atoms. The van der Waals surface area contributed by atoms with Crippen LogP contribution in [0.4, 0.5) is 0 Å². The SMILES string of the molecule is Cc1ccc(CN(C(=O)CCCOc2ccc(Cl)cc2)[C@@H](Cc2ccccc2)C(=O)NC2CCCC2)cc1. The number of ether oxygens (including phenoxy) is 1. The first-order valence-corrected chi connectivity index (χ1v) is 13.9. The number of benzene rings is 3. The molecule has 0 unspecified atom stereocenters. The highest BCUT2D eigenvalue weighted by Gasteiger charge is 2.31. The van der Waals surface area contributed by atoms with Crippen molar-refractivity contribution in [2.75, 3.05) is 6.61 Å². The highest BCUT2D eigenvalue weighted by Crippen LogP contribution is 2.21. The minimum absolute atomic E-state index is 0.0483. The Morgan fingerprint density at radius 2 is 1.63 bits per heavy atom. The predicted octanol–water partition coefficient (Wildman–Crippen LogP) is 6.51. The minimum Gasteiger partial charge on any atom is -0.494 e. The molecule has 0 aliphatic heterocycles. The number of nitrogens with one attached hydrogen (secondary N) is 1. The van der Waals surface area contributed by atoms with Crippen LogP contribution in [-0.4, -0.2) is 35.4 Å². The molecule has 1 N–H and O–H groups in total. The summed E-state index contributed by atoms with van der Waals surface area (Å²) in [5, 5.41) is 3.91. The van der Waals surface area contributed by atoms with Crippen LogP contribution in [0.2, 0.25) is 5.02 Å². The number of hydrogen-bond donors (Lipinski definition) is 1. The van der Waals surface area contributed by atoms with E-state index in [1.54, 1.807) is 17.0 Å². The molecule has 1 aliphatic rings. The van der Waals surface area contributed by atoms with E-state index in [0.29, 0.717) is 37.4 Å². The molecule has 0 radical (unpaired) electrons. The van der Waals surface area contributed by atoms with E-state index >= 15 is 0 Å². The summed E-state index contributed by atoms with van der Waals surface area (Å²) in [6.45, 7) is 2.83. The molecule has 1 fully saturated rings. The lowest BCUT2D eigenvalue weighted by atomic mass is 10.0. The van der Waals surface area contributed by atoms with Gasteiger partial charge >= 0.3 is 0 Å². The molecule has 6 heteroatoms. The molecule has 0 heterocycles. The van der Waals surface area contributed by atoms with Gasteiger partial charge in [0.1, 0.15) is 11.8 Å². The van der Waals surface area contributed by atoms with Gasteiger partial charge in [-0.25, -0.2) is 0 Å². The van der Waals surface area contributed by atoms with Crippen LogP contribution in [-0.2, 0) is 22.6 Å². The highest BCUT2D eigenvalue weighted by molar-refractivity contribution is 6.30. The molecule has 5 nitrogen and oxygen atoms in total. The first-order valence-electron chi connectivity index (χ1n) is 13.6. The lowest BCUT2D eigenvalue weighted by Gasteiger charge is -2.32. The Bertz CT molecular complexity index is 1160. The fourth-order valence-corrected chi connectivity index (χ4v) is 5.03. The third-order valence-electron chi connectivity index (χ3n) is 7.06. The van der Waals surface area contributed by atoms with Crippen molar-refractivity contribution in [1.29, 1.82) is 0 Å². The van der Waals surface area contributed by atoms with E-state index in [0.717, 1.165) is 48.1 Å². The van der Waals surface area contributed by atoms with Gasteiger partial charge in [0.15, 0.2) is 0 Å². The number of carbonyl (C=O) groups excluding carboxylic acids is 2. The van der Waals surface area contributed by atoms with Gasteiger partial charge < -0.3 is 15.0 Å².